The van der Waals surface area contributed by atoms with Gasteiger partial charge in [0.25, 0.3) is 5.91 Å². The molecular formula is C21H18ClF2N3O3S. The van der Waals surface area contributed by atoms with Crippen molar-refractivity contribution in [3.8, 4) is 5.69 Å². The molecule has 31 heavy (non-hydrogen) atoms. The first-order chi connectivity index (χ1) is 14.8. The number of ether oxygens (including phenoxy) is 1. The Bertz CT molecular complexity index is 1090. The van der Waals surface area contributed by atoms with Gasteiger partial charge >= 0.3 is 5.97 Å². The molecule has 162 valence electrons. The minimum absolute atomic E-state index is 0.0774. The number of carbonyl (C=O) groups excluding carboxylic acids is 2. The number of hydrogen-bond acceptors (Lipinski definition) is 5. The van der Waals surface area contributed by atoms with Gasteiger partial charge in [-0.3, -0.25) is 9.36 Å². The summed E-state index contributed by atoms with van der Waals surface area (Å²) in [6.45, 7) is -0.628. The lowest BCUT2D eigenvalue weighted by Crippen LogP contribution is -2.31. The second-order valence-corrected chi connectivity index (χ2v) is 7.65. The van der Waals surface area contributed by atoms with Crippen LogP contribution in [0.1, 0.15) is 16.1 Å². The van der Waals surface area contributed by atoms with Crippen molar-refractivity contribution in [1.29, 1.82) is 0 Å². The van der Waals surface area contributed by atoms with Crippen molar-refractivity contribution in [2.24, 2.45) is 0 Å². The summed E-state index contributed by atoms with van der Waals surface area (Å²) in [6.07, 6.45) is 3.11. The number of aromatic nitrogens is 2. The third kappa shape index (κ3) is 5.23. The zero-order valence-electron chi connectivity index (χ0n) is 16.6. The molecule has 0 unspecified atom stereocenters. The highest BCUT2D eigenvalue weighted by Gasteiger charge is 2.21. The number of nitrogens with zero attached hydrogens (tertiary/aromatic N) is 3. The minimum Gasteiger partial charge on any atom is -0.451 e. The minimum atomic E-state index is -0.775. The number of carbonyl (C=O) groups is 2. The first kappa shape index (κ1) is 22.8. The molecule has 1 aromatic heterocycles. The van der Waals surface area contributed by atoms with Crippen molar-refractivity contribution >= 4 is 35.2 Å². The zero-order chi connectivity index (χ0) is 22.5. The molecule has 0 radical (unpaired) electrons. The Morgan fingerprint density at radius 1 is 1.19 bits per heavy atom. The van der Waals surface area contributed by atoms with E-state index in [0.29, 0.717) is 10.8 Å². The second-order valence-electron chi connectivity index (χ2n) is 6.47. The summed E-state index contributed by atoms with van der Waals surface area (Å²) in [5, 5.41) is 0.695. The second kappa shape index (κ2) is 9.93. The Hall–Kier alpha value is -2.91. The molecule has 10 heteroatoms. The van der Waals surface area contributed by atoms with Crippen molar-refractivity contribution in [1.82, 2.24) is 14.5 Å². The van der Waals surface area contributed by atoms with E-state index in [4.69, 9.17) is 16.3 Å². The first-order valence-corrected chi connectivity index (χ1v) is 10.6. The van der Waals surface area contributed by atoms with E-state index in [-0.39, 0.29) is 22.8 Å². The van der Waals surface area contributed by atoms with Gasteiger partial charge in [0.05, 0.1) is 6.20 Å². The Labute approximate surface area is 186 Å². The average Bonchev–Trinajstić information content (AvgIpc) is 3.19. The summed E-state index contributed by atoms with van der Waals surface area (Å²) in [6, 6.07) is 9.78. The fraction of sp³-hybridized carbons (Fsp3) is 0.190. The molecule has 0 saturated heterocycles. The normalized spacial score (nSPS) is 10.7. The Morgan fingerprint density at radius 3 is 2.55 bits per heavy atom. The van der Waals surface area contributed by atoms with Crippen molar-refractivity contribution in [3.05, 3.63) is 76.6 Å². The summed E-state index contributed by atoms with van der Waals surface area (Å²) in [5.41, 5.74) is 0.779. The maximum absolute atomic E-state index is 13.9. The van der Waals surface area contributed by atoms with E-state index >= 15 is 0 Å². The number of thioether (sulfide) groups is 1. The molecular weight excluding hydrogens is 448 g/mol. The molecule has 0 N–H and O–H groups in total. The van der Waals surface area contributed by atoms with E-state index in [0.717, 1.165) is 0 Å². The SMILES string of the molecule is CSc1ncc(C(=O)OCC(=O)N(C)Cc2c(F)cccc2Cl)n1-c1ccc(F)cc1. The largest absolute Gasteiger partial charge is 0.451 e. The van der Waals surface area contributed by atoms with Crippen LogP contribution in [0.5, 0.6) is 0 Å². The lowest BCUT2D eigenvalue weighted by molar-refractivity contribution is -0.133. The van der Waals surface area contributed by atoms with Crippen LogP contribution in [0.3, 0.4) is 0 Å². The monoisotopic (exact) mass is 465 g/mol. The van der Waals surface area contributed by atoms with Crippen LogP contribution in [-0.2, 0) is 16.1 Å². The number of hydrogen-bond donors (Lipinski definition) is 0. The Morgan fingerprint density at radius 2 is 1.90 bits per heavy atom. The predicted octanol–water partition coefficient (Wildman–Crippen LogP) is 4.34. The summed E-state index contributed by atoms with van der Waals surface area (Å²) in [7, 11) is 1.45. The van der Waals surface area contributed by atoms with Gasteiger partial charge in [-0.25, -0.2) is 18.6 Å². The van der Waals surface area contributed by atoms with Crippen LogP contribution in [-0.4, -0.2) is 46.2 Å². The quantitative estimate of drug-likeness (QED) is 0.383. The van der Waals surface area contributed by atoms with Crippen LogP contribution in [0.25, 0.3) is 5.69 Å². The van der Waals surface area contributed by atoms with Gasteiger partial charge in [-0.1, -0.05) is 29.4 Å². The van der Waals surface area contributed by atoms with Gasteiger partial charge in [0.2, 0.25) is 0 Å². The molecule has 0 bridgehead atoms. The number of amides is 1. The van der Waals surface area contributed by atoms with Crippen molar-refractivity contribution < 1.29 is 23.1 Å². The third-order valence-electron chi connectivity index (χ3n) is 4.42. The molecule has 1 heterocycles. The highest BCUT2D eigenvalue weighted by atomic mass is 35.5. The highest BCUT2D eigenvalue weighted by molar-refractivity contribution is 7.98. The molecule has 0 spiro atoms. The van der Waals surface area contributed by atoms with Crippen molar-refractivity contribution in [2.45, 2.75) is 11.7 Å². The molecule has 2 aromatic carbocycles. The molecule has 3 rings (SSSR count). The van der Waals surface area contributed by atoms with Crippen LogP contribution in [0.15, 0.2) is 53.8 Å². The zero-order valence-corrected chi connectivity index (χ0v) is 18.2. The molecule has 0 saturated carbocycles. The molecule has 3 aromatic rings. The standard InChI is InChI=1S/C21H18ClF2N3O3S/c1-26(11-15-16(22)4-3-5-17(15)24)19(28)12-30-20(29)18-10-25-21(31-2)27(18)14-8-6-13(23)7-9-14/h3-10H,11-12H2,1-2H3. The number of esters is 1. The Balaban J connectivity index is 1.70. The fourth-order valence-electron chi connectivity index (χ4n) is 2.78. The van der Waals surface area contributed by atoms with Gasteiger partial charge in [-0.2, -0.15) is 0 Å². The van der Waals surface area contributed by atoms with Crippen LogP contribution >= 0.6 is 23.4 Å². The maximum atomic E-state index is 13.9. The van der Waals surface area contributed by atoms with Gasteiger partial charge in [0.15, 0.2) is 17.5 Å². The predicted molar refractivity (Wildman–Crippen MR) is 113 cm³/mol. The summed E-state index contributed by atoms with van der Waals surface area (Å²) in [4.78, 5) is 30.4. The van der Waals surface area contributed by atoms with Crippen molar-refractivity contribution in [3.63, 3.8) is 0 Å². The van der Waals surface area contributed by atoms with Crippen LogP contribution in [0.4, 0.5) is 8.78 Å². The first-order valence-electron chi connectivity index (χ1n) is 9.03. The van der Waals surface area contributed by atoms with Crippen LogP contribution in [0, 0.1) is 11.6 Å². The number of likely N-dealkylation sites (N-methyl/N-ethyl adjacent to an activating group) is 1. The smallest absolute Gasteiger partial charge is 0.357 e. The van der Waals surface area contributed by atoms with E-state index in [9.17, 15) is 18.4 Å². The Kier molecular flexibility index (Phi) is 7.29. The summed E-state index contributed by atoms with van der Waals surface area (Å²) in [5.74, 6) is -2.26. The molecule has 6 nitrogen and oxygen atoms in total. The molecule has 0 atom stereocenters. The topological polar surface area (TPSA) is 64.4 Å². The maximum Gasteiger partial charge on any atom is 0.357 e. The molecule has 0 aliphatic rings. The summed E-state index contributed by atoms with van der Waals surface area (Å²) < 4.78 is 33.9. The number of halogens is 3. The molecule has 0 aliphatic heterocycles. The lowest BCUT2D eigenvalue weighted by atomic mass is 10.2. The van der Waals surface area contributed by atoms with E-state index in [1.165, 1.54) is 76.9 Å². The van der Waals surface area contributed by atoms with E-state index in [1.54, 1.807) is 6.26 Å². The molecule has 0 aliphatic carbocycles. The number of rotatable bonds is 7. The van der Waals surface area contributed by atoms with Gasteiger partial charge in [0, 0.05) is 29.9 Å². The van der Waals surface area contributed by atoms with E-state index in [1.807, 2.05) is 0 Å². The van der Waals surface area contributed by atoms with Gasteiger partial charge < -0.3 is 9.64 Å². The average molecular weight is 466 g/mol. The third-order valence-corrected chi connectivity index (χ3v) is 5.42. The van der Waals surface area contributed by atoms with Gasteiger partial charge in [-0.15, -0.1) is 0 Å². The van der Waals surface area contributed by atoms with Crippen LogP contribution in [0.2, 0.25) is 5.02 Å². The van der Waals surface area contributed by atoms with Crippen LogP contribution < -0.4 is 0 Å². The highest BCUT2D eigenvalue weighted by Crippen LogP contribution is 2.23. The lowest BCUT2D eigenvalue weighted by Gasteiger charge is -2.18. The van der Waals surface area contributed by atoms with E-state index in [2.05, 4.69) is 4.98 Å². The number of benzene rings is 2. The number of imidazole rings is 1. The summed E-state index contributed by atoms with van der Waals surface area (Å²) >= 11 is 7.28. The van der Waals surface area contributed by atoms with E-state index < -0.39 is 30.1 Å². The van der Waals surface area contributed by atoms with Gasteiger partial charge in [-0.05, 0) is 42.7 Å². The van der Waals surface area contributed by atoms with Gasteiger partial charge in [0.1, 0.15) is 11.6 Å². The molecule has 1 amide bonds. The fourth-order valence-corrected chi connectivity index (χ4v) is 3.55. The molecule has 0 fully saturated rings. The van der Waals surface area contributed by atoms with Crippen molar-refractivity contribution in [2.75, 3.05) is 19.9 Å².